The molecule has 25 heavy (non-hydrogen) atoms. The molecule has 0 aromatic heterocycles. The van der Waals surface area contributed by atoms with Crippen LogP contribution in [0.3, 0.4) is 0 Å². The number of aryl methyl sites for hydroxylation is 1. The minimum Gasteiger partial charge on any atom is -0.449 e. The molecular formula is C19H17F2NO3. The number of benzene rings is 2. The highest BCUT2D eigenvalue weighted by molar-refractivity contribution is 5.99. The number of esters is 1. The maximum Gasteiger partial charge on any atom is 0.339 e. The van der Waals surface area contributed by atoms with Crippen molar-refractivity contribution in [3.05, 3.63) is 65.2 Å². The van der Waals surface area contributed by atoms with Gasteiger partial charge in [0.05, 0.1) is 5.56 Å². The van der Waals surface area contributed by atoms with Gasteiger partial charge in [0.2, 0.25) is 0 Å². The Morgan fingerprint density at radius 3 is 2.52 bits per heavy atom. The standard InChI is InChI=1S/C19H17F2NO3/c1-12(25-19(24)14-9-15(20)11-16(21)10-14)18(23)22-8-4-6-13-5-2-3-7-17(13)22/h2-3,5,7,9-12H,4,6,8H2,1H3/t12-/m1/s1. The van der Waals surface area contributed by atoms with Crippen molar-refractivity contribution in [2.24, 2.45) is 0 Å². The number of ether oxygens (including phenoxy) is 1. The van der Waals surface area contributed by atoms with Crippen LogP contribution < -0.4 is 4.90 Å². The van der Waals surface area contributed by atoms with Gasteiger partial charge in [0.25, 0.3) is 5.91 Å². The fraction of sp³-hybridized carbons (Fsp3) is 0.263. The number of carbonyl (C=O) groups excluding carboxylic acids is 2. The van der Waals surface area contributed by atoms with Gasteiger partial charge < -0.3 is 9.64 Å². The summed E-state index contributed by atoms with van der Waals surface area (Å²) in [6.45, 7) is 1.99. The molecule has 0 bridgehead atoms. The smallest absolute Gasteiger partial charge is 0.339 e. The summed E-state index contributed by atoms with van der Waals surface area (Å²) in [5.74, 6) is -3.06. The Bertz CT molecular complexity index is 802. The van der Waals surface area contributed by atoms with Crippen molar-refractivity contribution in [1.82, 2.24) is 0 Å². The molecule has 3 rings (SSSR count). The van der Waals surface area contributed by atoms with Crippen molar-refractivity contribution in [3.63, 3.8) is 0 Å². The van der Waals surface area contributed by atoms with E-state index in [1.807, 2.05) is 24.3 Å². The van der Waals surface area contributed by atoms with Crippen LogP contribution in [0.2, 0.25) is 0 Å². The average molecular weight is 345 g/mol. The van der Waals surface area contributed by atoms with Gasteiger partial charge in [-0.25, -0.2) is 13.6 Å². The third-order valence-electron chi connectivity index (χ3n) is 4.11. The highest BCUT2D eigenvalue weighted by Crippen LogP contribution is 2.27. The third kappa shape index (κ3) is 3.68. The second-order valence-corrected chi connectivity index (χ2v) is 5.93. The van der Waals surface area contributed by atoms with Gasteiger partial charge >= 0.3 is 5.97 Å². The lowest BCUT2D eigenvalue weighted by atomic mass is 10.0. The molecular weight excluding hydrogens is 328 g/mol. The van der Waals surface area contributed by atoms with E-state index < -0.39 is 23.7 Å². The fourth-order valence-corrected chi connectivity index (χ4v) is 2.93. The number of hydrogen-bond acceptors (Lipinski definition) is 3. The average Bonchev–Trinajstić information content (AvgIpc) is 2.59. The van der Waals surface area contributed by atoms with Gasteiger partial charge in [0, 0.05) is 18.3 Å². The van der Waals surface area contributed by atoms with Crippen LogP contribution in [0.15, 0.2) is 42.5 Å². The molecule has 2 aromatic rings. The van der Waals surface area contributed by atoms with Gasteiger partial charge in [-0.15, -0.1) is 0 Å². The lowest BCUT2D eigenvalue weighted by Crippen LogP contribution is -2.42. The molecule has 0 fully saturated rings. The van der Waals surface area contributed by atoms with Crippen molar-refractivity contribution in [2.75, 3.05) is 11.4 Å². The zero-order chi connectivity index (χ0) is 18.0. The predicted octanol–water partition coefficient (Wildman–Crippen LogP) is 3.49. The number of para-hydroxylation sites is 1. The van der Waals surface area contributed by atoms with E-state index in [-0.39, 0.29) is 11.5 Å². The Kier molecular flexibility index (Phi) is 4.79. The van der Waals surface area contributed by atoms with Gasteiger partial charge in [0.15, 0.2) is 6.10 Å². The molecule has 1 aliphatic heterocycles. The molecule has 0 saturated carbocycles. The fourth-order valence-electron chi connectivity index (χ4n) is 2.93. The summed E-state index contributed by atoms with van der Waals surface area (Å²) >= 11 is 0. The Morgan fingerprint density at radius 2 is 1.80 bits per heavy atom. The Balaban J connectivity index is 1.74. The molecule has 1 heterocycles. The predicted molar refractivity (Wildman–Crippen MR) is 88.4 cm³/mol. The number of halogens is 2. The van der Waals surface area contributed by atoms with Crippen molar-refractivity contribution >= 4 is 17.6 Å². The van der Waals surface area contributed by atoms with E-state index in [0.717, 1.165) is 36.2 Å². The van der Waals surface area contributed by atoms with Crippen molar-refractivity contribution in [1.29, 1.82) is 0 Å². The number of nitrogens with zero attached hydrogens (tertiary/aromatic N) is 1. The van der Waals surface area contributed by atoms with Crippen molar-refractivity contribution in [2.45, 2.75) is 25.9 Å². The summed E-state index contributed by atoms with van der Waals surface area (Å²) in [4.78, 5) is 26.3. The molecule has 0 N–H and O–H groups in total. The van der Waals surface area contributed by atoms with Gasteiger partial charge in [-0.1, -0.05) is 18.2 Å². The van der Waals surface area contributed by atoms with Crippen LogP contribution in [0.1, 0.15) is 29.3 Å². The normalized spacial score (nSPS) is 14.6. The van der Waals surface area contributed by atoms with Crippen molar-refractivity contribution in [3.8, 4) is 0 Å². The topological polar surface area (TPSA) is 46.6 Å². The number of anilines is 1. The second kappa shape index (κ2) is 7.01. The van der Waals surface area contributed by atoms with Gasteiger partial charge in [0.1, 0.15) is 11.6 Å². The molecule has 130 valence electrons. The van der Waals surface area contributed by atoms with E-state index in [4.69, 9.17) is 4.74 Å². The second-order valence-electron chi connectivity index (χ2n) is 5.93. The monoisotopic (exact) mass is 345 g/mol. The first kappa shape index (κ1) is 17.1. The molecule has 6 heteroatoms. The number of fused-ring (bicyclic) bond motifs is 1. The lowest BCUT2D eigenvalue weighted by molar-refractivity contribution is -0.126. The molecule has 1 aliphatic rings. The number of hydrogen-bond donors (Lipinski definition) is 0. The SMILES string of the molecule is C[C@@H](OC(=O)c1cc(F)cc(F)c1)C(=O)N1CCCc2ccccc21. The zero-order valence-corrected chi connectivity index (χ0v) is 13.7. The molecule has 0 unspecified atom stereocenters. The van der Waals surface area contributed by atoms with Crippen LogP contribution in [0.5, 0.6) is 0 Å². The summed E-state index contributed by atoms with van der Waals surface area (Å²) in [5, 5.41) is 0. The van der Waals surface area contributed by atoms with Crippen LogP contribution in [-0.2, 0) is 16.0 Å². The largest absolute Gasteiger partial charge is 0.449 e. The Labute approximate surface area is 144 Å². The summed E-state index contributed by atoms with van der Waals surface area (Å²) < 4.78 is 31.5. The maximum absolute atomic E-state index is 13.2. The van der Waals surface area contributed by atoms with Gasteiger partial charge in [-0.2, -0.15) is 0 Å². The lowest BCUT2D eigenvalue weighted by Gasteiger charge is -2.31. The number of rotatable bonds is 3. The molecule has 0 saturated heterocycles. The summed E-state index contributed by atoms with van der Waals surface area (Å²) in [5.41, 5.74) is 1.60. The van der Waals surface area contributed by atoms with Crippen LogP contribution in [0.25, 0.3) is 0 Å². The first-order chi connectivity index (χ1) is 12.0. The van der Waals surface area contributed by atoms with Crippen LogP contribution in [-0.4, -0.2) is 24.5 Å². The first-order valence-corrected chi connectivity index (χ1v) is 8.02. The van der Waals surface area contributed by atoms with Crippen LogP contribution >= 0.6 is 0 Å². The van der Waals surface area contributed by atoms with Gasteiger partial charge in [-0.3, -0.25) is 4.79 Å². The van der Waals surface area contributed by atoms with E-state index >= 15 is 0 Å². The van der Waals surface area contributed by atoms with E-state index in [2.05, 4.69) is 0 Å². The molecule has 1 amide bonds. The summed E-state index contributed by atoms with van der Waals surface area (Å²) in [7, 11) is 0. The quantitative estimate of drug-likeness (QED) is 0.800. The molecule has 4 nitrogen and oxygen atoms in total. The molecule has 0 spiro atoms. The minimum absolute atomic E-state index is 0.267. The summed E-state index contributed by atoms with van der Waals surface area (Å²) in [6, 6.07) is 9.98. The third-order valence-corrected chi connectivity index (χ3v) is 4.11. The zero-order valence-electron chi connectivity index (χ0n) is 13.7. The van der Waals surface area contributed by atoms with E-state index in [9.17, 15) is 18.4 Å². The Hall–Kier alpha value is -2.76. The van der Waals surface area contributed by atoms with Gasteiger partial charge in [-0.05, 0) is 43.5 Å². The van der Waals surface area contributed by atoms with E-state index in [0.29, 0.717) is 12.6 Å². The highest BCUT2D eigenvalue weighted by atomic mass is 19.1. The van der Waals surface area contributed by atoms with Crippen LogP contribution in [0, 0.1) is 11.6 Å². The number of amides is 1. The van der Waals surface area contributed by atoms with E-state index in [1.165, 1.54) is 6.92 Å². The van der Waals surface area contributed by atoms with Crippen LogP contribution in [0.4, 0.5) is 14.5 Å². The van der Waals surface area contributed by atoms with Crippen molar-refractivity contribution < 1.29 is 23.1 Å². The molecule has 1 atom stereocenters. The first-order valence-electron chi connectivity index (χ1n) is 8.02. The highest BCUT2D eigenvalue weighted by Gasteiger charge is 2.28. The van der Waals surface area contributed by atoms with E-state index in [1.54, 1.807) is 4.90 Å². The summed E-state index contributed by atoms with van der Waals surface area (Å²) in [6.07, 6.45) is 0.639. The molecule has 0 radical (unpaired) electrons. The number of carbonyl (C=O) groups is 2. The Morgan fingerprint density at radius 1 is 1.12 bits per heavy atom. The molecule has 2 aromatic carbocycles. The maximum atomic E-state index is 13.2. The minimum atomic E-state index is -1.06. The molecule has 0 aliphatic carbocycles.